The summed E-state index contributed by atoms with van der Waals surface area (Å²) in [4.78, 5) is 17.1. The van der Waals surface area contributed by atoms with Gasteiger partial charge in [-0.2, -0.15) is 0 Å². The quantitative estimate of drug-likeness (QED) is 0.618. The highest BCUT2D eigenvalue weighted by Gasteiger charge is 2.16. The third-order valence-corrected chi connectivity index (χ3v) is 3.88. The molecule has 0 aliphatic rings. The zero-order valence-corrected chi connectivity index (χ0v) is 10.9. The molecule has 0 amide bonds. The molecule has 3 nitrogen and oxygen atoms in total. The molecule has 0 unspecified atom stereocenters. The monoisotopic (exact) mass is 264 g/mol. The maximum atomic E-state index is 11.7. The fraction of sp³-hybridized carbons (Fsp3) is 0.167. The van der Waals surface area contributed by atoms with Gasteiger partial charge in [0.25, 0.3) is 0 Å². The normalized spacial score (nSPS) is 11.5. The van der Waals surface area contributed by atoms with Crippen molar-refractivity contribution in [2.24, 2.45) is 0 Å². The topological polar surface area (TPSA) is 34.9 Å². The molecule has 2 heterocycles. The van der Waals surface area contributed by atoms with E-state index >= 15 is 0 Å². The maximum Gasteiger partial charge on any atom is 0.229 e. The molecule has 0 aliphatic heterocycles. The minimum absolute atomic E-state index is 0.00373. The number of benzene rings is 1. The number of halogens is 1. The smallest absolute Gasteiger partial charge is 0.229 e. The highest BCUT2D eigenvalue weighted by molar-refractivity contribution is 7.18. The predicted molar refractivity (Wildman–Crippen MR) is 71.2 cm³/mol. The Morgan fingerprint density at radius 3 is 2.94 bits per heavy atom. The Labute approximate surface area is 107 Å². The molecule has 0 saturated heterocycles. The van der Waals surface area contributed by atoms with Gasteiger partial charge in [-0.1, -0.05) is 11.6 Å². The predicted octanol–water partition coefficient (Wildman–Crippen LogP) is 3.87. The summed E-state index contributed by atoms with van der Waals surface area (Å²) in [5.41, 5.74) is 1.73. The van der Waals surface area contributed by atoms with Gasteiger partial charge in [-0.15, -0.1) is 11.3 Å². The van der Waals surface area contributed by atoms with Gasteiger partial charge in [0, 0.05) is 17.3 Å². The van der Waals surface area contributed by atoms with Crippen LogP contribution >= 0.6 is 22.9 Å². The zero-order valence-electron chi connectivity index (χ0n) is 9.32. The number of thiazole rings is 1. The molecule has 0 saturated carbocycles. The molecule has 5 heteroatoms. The zero-order chi connectivity index (χ0) is 12.2. The number of nitrogens with zero attached hydrogens (tertiary/aromatic N) is 2. The third kappa shape index (κ3) is 1.48. The molecule has 3 rings (SSSR count). The second-order valence-electron chi connectivity index (χ2n) is 3.90. The van der Waals surface area contributed by atoms with Crippen LogP contribution in [0.25, 0.3) is 21.3 Å². The van der Waals surface area contributed by atoms with Gasteiger partial charge in [-0.05, 0) is 25.1 Å². The Balaban J connectivity index is 2.59. The van der Waals surface area contributed by atoms with Crippen LogP contribution in [0.5, 0.6) is 0 Å². The van der Waals surface area contributed by atoms with Gasteiger partial charge < -0.3 is 0 Å². The Hall–Kier alpha value is -1.39. The average Bonchev–Trinajstić information content (AvgIpc) is 2.73. The molecule has 1 aromatic carbocycles. The molecule has 0 aliphatic carbocycles. The van der Waals surface area contributed by atoms with E-state index in [0.29, 0.717) is 5.02 Å². The van der Waals surface area contributed by atoms with Crippen LogP contribution in [0.3, 0.4) is 0 Å². The van der Waals surface area contributed by atoms with Crippen LogP contribution in [0.1, 0.15) is 16.7 Å². The summed E-state index contributed by atoms with van der Waals surface area (Å²) in [5, 5.41) is 2.55. The van der Waals surface area contributed by atoms with Crippen LogP contribution in [-0.4, -0.2) is 15.5 Å². The highest BCUT2D eigenvalue weighted by atomic mass is 35.5. The first-order valence-corrected chi connectivity index (χ1v) is 6.35. The minimum atomic E-state index is -0.00373. The minimum Gasteiger partial charge on any atom is -0.274 e. The van der Waals surface area contributed by atoms with Gasteiger partial charge in [-0.3, -0.25) is 9.36 Å². The SMILES string of the molecule is CC(=O)n1c2ccc(Cl)cc2c2nc(C)sc21. The molecule has 0 atom stereocenters. The lowest BCUT2D eigenvalue weighted by molar-refractivity contribution is 0.0947. The van der Waals surface area contributed by atoms with Gasteiger partial charge >= 0.3 is 0 Å². The lowest BCUT2D eigenvalue weighted by atomic mass is 10.2. The van der Waals surface area contributed by atoms with Crippen molar-refractivity contribution in [3.05, 3.63) is 28.2 Å². The Kier molecular flexibility index (Phi) is 2.24. The lowest BCUT2D eigenvalue weighted by Gasteiger charge is -1.99. The van der Waals surface area contributed by atoms with Crippen molar-refractivity contribution in [1.82, 2.24) is 9.55 Å². The van der Waals surface area contributed by atoms with E-state index < -0.39 is 0 Å². The Morgan fingerprint density at radius 1 is 1.47 bits per heavy atom. The molecule has 0 bridgehead atoms. The molecule has 2 aromatic heterocycles. The van der Waals surface area contributed by atoms with Crippen LogP contribution in [-0.2, 0) is 0 Å². The molecule has 0 radical (unpaired) electrons. The van der Waals surface area contributed by atoms with Gasteiger partial charge in [-0.25, -0.2) is 4.98 Å². The molecule has 0 fully saturated rings. The third-order valence-electron chi connectivity index (χ3n) is 2.69. The lowest BCUT2D eigenvalue weighted by Crippen LogP contribution is -2.03. The van der Waals surface area contributed by atoms with E-state index in [4.69, 9.17) is 11.6 Å². The van der Waals surface area contributed by atoms with Crippen molar-refractivity contribution in [3.8, 4) is 0 Å². The fourth-order valence-electron chi connectivity index (χ4n) is 2.06. The summed E-state index contributed by atoms with van der Waals surface area (Å²) in [6, 6.07) is 5.51. The fourth-order valence-corrected chi connectivity index (χ4v) is 3.22. The number of rotatable bonds is 0. The summed E-state index contributed by atoms with van der Waals surface area (Å²) in [6.45, 7) is 3.49. The molecule has 3 aromatic rings. The number of aryl methyl sites for hydroxylation is 1. The standard InChI is InChI=1S/C12H9ClN2OS/c1-6-14-11-9-5-8(13)3-4-10(9)15(7(2)16)12(11)17-6/h3-5H,1-2H3. The first kappa shape index (κ1) is 10.7. The van der Waals surface area contributed by atoms with E-state index in [-0.39, 0.29) is 5.91 Å². The van der Waals surface area contributed by atoms with Gasteiger partial charge in [0.2, 0.25) is 5.91 Å². The molecular formula is C12H9ClN2OS. The molecular weight excluding hydrogens is 256 g/mol. The van der Waals surface area contributed by atoms with E-state index in [9.17, 15) is 4.79 Å². The van der Waals surface area contributed by atoms with E-state index in [1.807, 2.05) is 19.1 Å². The number of fused-ring (bicyclic) bond motifs is 3. The molecule has 86 valence electrons. The number of hydrogen-bond acceptors (Lipinski definition) is 3. The van der Waals surface area contributed by atoms with E-state index in [0.717, 1.165) is 26.3 Å². The van der Waals surface area contributed by atoms with Crippen molar-refractivity contribution < 1.29 is 4.79 Å². The van der Waals surface area contributed by atoms with Crippen LogP contribution in [0.15, 0.2) is 18.2 Å². The summed E-state index contributed by atoms with van der Waals surface area (Å²) in [5.74, 6) is -0.00373. The summed E-state index contributed by atoms with van der Waals surface area (Å²) in [6.07, 6.45) is 0. The summed E-state index contributed by atoms with van der Waals surface area (Å²) in [7, 11) is 0. The molecule has 17 heavy (non-hydrogen) atoms. The van der Waals surface area contributed by atoms with E-state index in [2.05, 4.69) is 4.98 Å². The first-order valence-electron chi connectivity index (χ1n) is 5.16. The highest BCUT2D eigenvalue weighted by Crippen LogP contribution is 2.33. The number of hydrogen-bond donors (Lipinski definition) is 0. The average molecular weight is 265 g/mol. The van der Waals surface area contributed by atoms with Crippen LogP contribution in [0.2, 0.25) is 5.02 Å². The van der Waals surface area contributed by atoms with Gasteiger partial charge in [0.15, 0.2) is 0 Å². The van der Waals surface area contributed by atoms with Crippen molar-refractivity contribution >= 4 is 50.1 Å². The Bertz CT molecular complexity index is 757. The summed E-state index contributed by atoms with van der Waals surface area (Å²) >= 11 is 7.52. The van der Waals surface area contributed by atoms with Crippen molar-refractivity contribution in [2.75, 3.05) is 0 Å². The van der Waals surface area contributed by atoms with Gasteiger partial charge in [0.1, 0.15) is 10.3 Å². The molecule has 0 N–H and O–H groups in total. The molecule has 0 spiro atoms. The van der Waals surface area contributed by atoms with Crippen LogP contribution in [0.4, 0.5) is 0 Å². The second kappa shape index (κ2) is 3.55. The second-order valence-corrected chi connectivity index (χ2v) is 5.52. The first-order chi connectivity index (χ1) is 8.08. The number of aromatic nitrogens is 2. The van der Waals surface area contributed by atoms with E-state index in [1.165, 1.54) is 11.3 Å². The van der Waals surface area contributed by atoms with Crippen LogP contribution in [0, 0.1) is 6.92 Å². The largest absolute Gasteiger partial charge is 0.274 e. The van der Waals surface area contributed by atoms with Gasteiger partial charge in [0.05, 0.1) is 10.5 Å². The van der Waals surface area contributed by atoms with Crippen LogP contribution < -0.4 is 0 Å². The Morgan fingerprint density at radius 2 is 2.24 bits per heavy atom. The van der Waals surface area contributed by atoms with Crippen molar-refractivity contribution in [2.45, 2.75) is 13.8 Å². The van der Waals surface area contributed by atoms with E-state index in [1.54, 1.807) is 17.6 Å². The number of carbonyl (C=O) groups excluding carboxylic acids is 1. The summed E-state index contributed by atoms with van der Waals surface area (Å²) < 4.78 is 1.70. The number of carbonyl (C=O) groups is 1. The van der Waals surface area contributed by atoms with Crippen molar-refractivity contribution in [3.63, 3.8) is 0 Å². The maximum absolute atomic E-state index is 11.7. The van der Waals surface area contributed by atoms with Crippen molar-refractivity contribution in [1.29, 1.82) is 0 Å².